The molecule has 14 heteroatoms. The van der Waals surface area contributed by atoms with Gasteiger partial charge in [-0.1, -0.05) is 11.6 Å². The summed E-state index contributed by atoms with van der Waals surface area (Å²) in [6, 6.07) is 8.97. The second-order valence-corrected chi connectivity index (χ2v) is 14.3. The number of pyridine rings is 1. The fourth-order valence-corrected chi connectivity index (χ4v) is 5.86. The third-order valence-electron chi connectivity index (χ3n) is 7.31. The van der Waals surface area contributed by atoms with Crippen LogP contribution in [0.4, 0.5) is 15.4 Å². The van der Waals surface area contributed by atoms with E-state index in [4.69, 9.17) is 40.0 Å². The minimum atomic E-state index is -0.938. The van der Waals surface area contributed by atoms with E-state index in [9.17, 15) is 9.59 Å². The number of halogens is 1. The Kier molecular flexibility index (Phi) is 8.32. The number of ether oxygens (including phenoxy) is 6. The van der Waals surface area contributed by atoms with Gasteiger partial charge in [-0.2, -0.15) is 4.90 Å². The Morgan fingerprint density at radius 3 is 2.32 bits per heavy atom. The lowest BCUT2D eigenvalue weighted by Crippen LogP contribution is -2.44. The zero-order chi connectivity index (χ0) is 33.9. The van der Waals surface area contributed by atoms with Gasteiger partial charge in [0.05, 0.1) is 15.9 Å². The summed E-state index contributed by atoms with van der Waals surface area (Å²) in [7, 11) is 0. The lowest BCUT2D eigenvalue weighted by molar-refractivity contribution is -0.198. The zero-order valence-corrected chi connectivity index (χ0v) is 28.3. The van der Waals surface area contributed by atoms with Crippen LogP contribution in [0.2, 0.25) is 5.02 Å². The highest BCUT2D eigenvalue weighted by atomic mass is 35.5. The molecule has 0 saturated carbocycles. The van der Waals surface area contributed by atoms with E-state index in [1.54, 1.807) is 70.6 Å². The maximum atomic E-state index is 13.4. The fourth-order valence-electron chi connectivity index (χ4n) is 5.60. The molecular formula is C33H38ClN5O8. The summed E-state index contributed by atoms with van der Waals surface area (Å²) >= 11 is 6.49. The summed E-state index contributed by atoms with van der Waals surface area (Å²) < 4.78 is 38.2. The Bertz CT molecular complexity index is 1800. The molecule has 250 valence electrons. The molecule has 0 bridgehead atoms. The van der Waals surface area contributed by atoms with Gasteiger partial charge in [-0.05, 0) is 79.7 Å². The molecule has 47 heavy (non-hydrogen) atoms. The number of carbonyl (C=O) groups is 2. The molecule has 2 aliphatic rings. The molecule has 2 aliphatic heterocycles. The van der Waals surface area contributed by atoms with E-state index in [-0.39, 0.29) is 12.4 Å². The number of hydrogen-bond acceptors (Lipinski definition) is 11. The summed E-state index contributed by atoms with van der Waals surface area (Å²) in [5.74, 6) is -0.354. The summed E-state index contributed by atoms with van der Waals surface area (Å²) in [4.78, 5) is 40.8. The van der Waals surface area contributed by atoms with Crippen LogP contribution in [-0.4, -0.2) is 73.6 Å². The second-order valence-electron chi connectivity index (χ2n) is 13.9. The number of imide groups is 1. The van der Waals surface area contributed by atoms with E-state index in [1.165, 1.54) is 6.33 Å². The van der Waals surface area contributed by atoms with Crippen LogP contribution in [0, 0.1) is 0 Å². The van der Waals surface area contributed by atoms with Gasteiger partial charge in [-0.3, -0.25) is 4.98 Å². The highest BCUT2D eigenvalue weighted by Gasteiger charge is 2.56. The molecule has 0 unspecified atom stereocenters. The first-order chi connectivity index (χ1) is 22.0. The Morgan fingerprint density at radius 2 is 1.64 bits per heavy atom. The van der Waals surface area contributed by atoms with E-state index < -0.39 is 53.7 Å². The number of amides is 2. The van der Waals surface area contributed by atoms with Crippen molar-refractivity contribution in [3.8, 4) is 5.75 Å². The SMILES string of the molecule is CC(C)(C)OC(=O)N(C(=O)OC(C)(C)C)c1ncnc2c1ccn2[C@@H]1O[C@H](COc2cc(Cl)c3cccnc3c2)[C@H]2OC(C)(C)O[C@H]21. The van der Waals surface area contributed by atoms with Gasteiger partial charge in [0.15, 0.2) is 17.8 Å². The summed E-state index contributed by atoms with van der Waals surface area (Å²) in [6.45, 7) is 14.0. The molecule has 4 aromatic rings. The Balaban J connectivity index is 1.32. The number of fused-ring (bicyclic) bond motifs is 3. The topological polar surface area (TPSA) is 136 Å². The van der Waals surface area contributed by atoms with Crippen LogP contribution < -0.4 is 9.64 Å². The maximum Gasteiger partial charge on any atom is 0.425 e. The minimum Gasteiger partial charge on any atom is -0.491 e. The summed E-state index contributed by atoms with van der Waals surface area (Å²) in [5, 5.41) is 1.74. The van der Waals surface area contributed by atoms with Crippen molar-refractivity contribution < 1.29 is 38.0 Å². The van der Waals surface area contributed by atoms with E-state index in [2.05, 4.69) is 15.0 Å². The molecule has 0 radical (unpaired) electrons. The normalized spacial score (nSPS) is 22.3. The van der Waals surface area contributed by atoms with Crippen molar-refractivity contribution in [2.24, 2.45) is 0 Å². The standard InChI is InChI=1S/C33H38ClN5O8/c1-31(2,3)46-29(40)39(30(41)47-32(4,5)6)27-20-11-13-38(26(20)36-17-37-27)28-25-24(44-33(7,8)45-25)23(43-28)16-42-18-14-21(34)19-10-9-12-35-22(19)15-18/h9-15,17,23-25,28H,16H2,1-8H3/t23-,24-,25-,28-/m1/s1. The first kappa shape index (κ1) is 32.9. The number of carbonyl (C=O) groups excluding carboxylic acids is 2. The molecule has 4 atom stereocenters. The van der Waals surface area contributed by atoms with E-state index in [0.717, 1.165) is 10.3 Å². The van der Waals surface area contributed by atoms with Crippen molar-refractivity contribution in [1.29, 1.82) is 0 Å². The quantitative estimate of drug-likeness (QED) is 0.222. The Morgan fingerprint density at radius 1 is 0.957 bits per heavy atom. The molecule has 2 amide bonds. The first-order valence-electron chi connectivity index (χ1n) is 15.3. The second kappa shape index (κ2) is 11.9. The molecule has 3 aromatic heterocycles. The van der Waals surface area contributed by atoms with Crippen LogP contribution in [0.1, 0.15) is 61.6 Å². The van der Waals surface area contributed by atoms with Gasteiger partial charge in [0.25, 0.3) is 0 Å². The van der Waals surface area contributed by atoms with Gasteiger partial charge in [0, 0.05) is 23.8 Å². The van der Waals surface area contributed by atoms with Crippen LogP contribution in [-0.2, 0) is 23.7 Å². The molecule has 6 rings (SSSR count). The van der Waals surface area contributed by atoms with Crippen molar-refractivity contribution in [2.45, 2.75) is 96.9 Å². The molecule has 0 N–H and O–H groups in total. The number of anilines is 1. The van der Waals surface area contributed by atoms with Crippen molar-refractivity contribution >= 4 is 51.5 Å². The van der Waals surface area contributed by atoms with Gasteiger partial charge in [-0.25, -0.2) is 19.6 Å². The van der Waals surface area contributed by atoms with Crippen molar-refractivity contribution in [2.75, 3.05) is 11.5 Å². The van der Waals surface area contributed by atoms with Gasteiger partial charge < -0.3 is 33.0 Å². The average Bonchev–Trinajstić information content (AvgIpc) is 3.61. The molecule has 13 nitrogen and oxygen atoms in total. The van der Waals surface area contributed by atoms with Crippen molar-refractivity contribution in [1.82, 2.24) is 19.5 Å². The van der Waals surface area contributed by atoms with E-state index >= 15 is 0 Å². The summed E-state index contributed by atoms with van der Waals surface area (Å²) in [6.07, 6.45) is 0.554. The molecule has 1 aromatic carbocycles. The average molecular weight is 668 g/mol. The third-order valence-corrected chi connectivity index (χ3v) is 7.62. The zero-order valence-electron chi connectivity index (χ0n) is 27.5. The highest BCUT2D eigenvalue weighted by molar-refractivity contribution is 6.35. The molecule has 5 heterocycles. The maximum absolute atomic E-state index is 13.4. The minimum absolute atomic E-state index is 0.00241. The number of nitrogens with zero attached hydrogens (tertiary/aromatic N) is 5. The third kappa shape index (κ3) is 6.84. The Labute approximate surface area is 277 Å². The lowest BCUT2D eigenvalue weighted by Gasteiger charge is -2.28. The largest absolute Gasteiger partial charge is 0.491 e. The van der Waals surface area contributed by atoms with E-state index in [1.807, 2.05) is 32.0 Å². The molecule has 0 aliphatic carbocycles. The van der Waals surface area contributed by atoms with Crippen LogP contribution >= 0.6 is 11.6 Å². The first-order valence-corrected chi connectivity index (χ1v) is 15.6. The molecule has 0 spiro atoms. The molecule has 2 fully saturated rings. The van der Waals surface area contributed by atoms with Gasteiger partial charge in [0.1, 0.15) is 53.8 Å². The van der Waals surface area contributed by atoms with Crippen LogP contribution in [0.15, 0.2) is 49.1 Å². The predicted octanol–water partition coefficient (Wildman–Crippen LogP) is 6.81. The predicted molar refractivity (Wildman–Crippen MR) is 172 cm³/mol. The van der Waals surface area contributed by atoms with Crippen molar-refractivity contribution in [3.63, 3.8) is 0 Å². The Hall–Kier alpha value is -4.04. The van der Waals surface area contributed by atoms with Gasteiger partial charge >= 0.3 is 12.2 Å². The summed E-state index contributed by atoms with van der Waals surface area (Å²) in [5.41, 5.74) is -0.681. The fraction of sp³-hybridized carbons (Fsp3) is 0.485. The number of benzene rings is 1. The highest BCUT2D eigenvalue weighted by Crippen LogP contribution is 2.44. The molecular weight excluding hydrogens is 630 g/mol. The van der Waals surface area contributed by atoms with Crippen molar-refractivity contribution in [3.05, 3.63) is 54.1 Å². The number of rotatable bonds is 5. The smallest absolute Gasteiger partial charge is 0.425 e. The number of aromatic nitrogens is 4. The van der Waals surface area contributed by atoms with Crippen LogP contribution in [0.3, 0.4) is 0 Å². The van der Waals surface area contributed by atoms with E-state index in [0.29, 0.717) is 27.3 Å². The monoisotopic (exact) mass is 667 g/mol. The van der Waals surface area contributed by atoms with Crippen LogP contribution in [0.5, 0.6) is 5.75 Å². The van der Waals surface area contributed by atoms with Crippen LogP contribution in [0.25, 0.3) is 21.9 Å². The molecule has 2 saturated heterocycles. The number of hydrogen-bond donors (Lipinski definition) is 0. The van der Waals surface area contributed by atoms with Gasteiger partial charge in [-0.15, -0.1) is 0 Å². The van der Waals surface area contributed by atoms with Gasteiger partial charge in [0.2, 0.25) is 0 Å². The lowest BCUT2D eigenvalue weighted by atomic mass is 10.1.